The van der Waals surface area contributed by atoms with Gasteiger partial charge in [0.05, 0.1) is 12.4 Å². The van der Waals surface area contributed by atoms with E-state index in [0.717, 1.165) is 32.4 Å². The van der Waals surface area contributed by atoms with Gasteiger partial charge in [0.2, 0.25) is 10.0 Å². The van der Waals surface area contributed by atoms with Crippen molar-refractivity contribution >= 4 is 10.0 Å². The van der Waals surface area contributed by atoms with Crippen LogP contribution in [0.25, 0.3) is 0 Å². The standard InChI is InChI=1S/C10H20N2O3S/c13-16(14,8-9-3-5-15-7-9)12-10-2-1-4-11-6-10/h9-12H,1-8H2. The maximum Gasteiger partial charge on any atom is 0.212 e. The Bertz CT molecular complexity index is 306. The largest absolute Gasteiger partial charge is 0.381 e. The van der Waals surface area contributed by atoms with Crippen molar-refractivity contribution in [1.82, 2.24) is 10.0 Å². The zero-order chi connectivity index (χ0) is 11.4. The number of ether oxygens (including phenoxy) is 1. The van der Waals surface area contributed by atoms with Crippen LogP contribution in [-0.2, 0) is 14.8 Å². The fourth-order valence-corrected chi connectivity index (χ4v) is 3.97. The van der Waals surface area contributed by atoms with E-state index < -0.39 is 10.0 Å². The number of rotatable bonds is 4. The Hall–Kier alpha value is -0.170. The molecule has 0 aromatic carbocycles. The topological polar surface area (TPSA) is 67.4 Å². The summed E-state index contributed by atoms with van der Waals surface area (Å²) >= 11 is 0. The third kappa shape index (κ3) is 3.69. The monoisotopic (exact) mass is 248 g/mol. The molecule has 2 rings (SSSR count). The first-order valence-corrected chi connectivity index (χ1v) is 7.59. The Labute approximate surface area is 97.0 Å². The number of sulfonamides is 1. The van der Waals surface area contributed by atoms with Crippen LogP contribution >= 0.6 is 0 Å². The summed E-state index contributed by atoms with van der Waals surface area (Å²) in [5.74, 6) is 0.387. The highest BCUT2D eigenvalue weighted by Crippen LogP contribution is 2.14. The molecule has 0 radical (unpaired) electrons. The van der Waals surface area contributed by atoms with Gasteiger partial charge in [0.15, 0.2) is 0 Å². The minimum atomic E-state index is -3.13. The van der Waals surface area contributed by atoms with Gasteiger partial charge < -0.3 is 10.1 Å². The Balaban J connectivity index is 1.81. The van der Waals surface area contributed by atoms with Gasteiger partial charge in [-0.05, 0) is 31.7 Å². The normalized spacial score (nSPS) is 31.8. The maximum absolute atomic E-state index is 11.9. The van der Waals surface area contributed by atoms with Gasteiger partial charge in [-0.1, -0.05) is 0 Å². The van der Waals surface area contributed by atoms with Crippen LogP contribution in [-0.4, -0.2) is 46.5 Å². The highest BCUT2D eigenvalue weighted by atomic mass is 32.2. The molecular weight excluding hydrogens is 228 g/mol. The van der Waals surface area contributed by atoms with Crippen molar-refractivity contribution < 1.29 is 13.2 Å². The van der Waals surface area contributed by atoms with Crippen LogP contribution < -0.4 is 10.0 Å². The molecule has 6 heteroatoms. The molecule has 5 nitrogen and oxygen atoms in total. The summed E-state index contributed by atoms with van der Waals surface area (Å²) in [6, 6.07) is 0.0704. The van der Waals surface area contributed by atoms with Crippen molar-refractivity contribution in [2.24, 2.45) is 5.92 Å². The molecule has 94 valence electrons. The number of nitrogens with one attached hydrogen (secondary N) is 2. The van der Waals surface area contributed by atoms with Crippen LogP contribution in [0.1, 0.15) is 19.3 Å². The third-order valence-electron chi connectivity index (χ3n) is 3.12. The van der Waals surface area contributed by atoms with Crippen molar-refractivity contribution in [3.05, 3.63) is 0 Å². The van der Waals surface area contributed by atoms with E-state index in [0.29, 0.717) is 13.2 Å². The summed E-state index contributed by atoms with van der Waals surface area (Å²) in [5.41, 5.74) is 0. The molecule has 0 amide bonds. The lowest BCUT2D eigenvalue weighted by atomic mass is 10.1. The molecule has 0 spiro atoms. The summed E-state index contributed by atoms with van der Waals surface area (Å²) in [7, 11) is -3.13. The van der Waals surface area contributed by atoms with Crippen LogP contribution in [0, 0.1) is 5.92 Å². The molecule has 0 aliphatic carbocycles. The number of piperidine rings is 1. The molecular formula is C10H20N2O3S. The van der Waals surface area contributed by atoms with E-state index in [1.54, 1.807) is 0 Å². The molecule has 2 N–H and O–H groups in total. The second-order valence-electron chi connectivity index (χ2n) is 4.67. The predicted octanol–water partition coefficient (Wildman–Crippen LogP) is -0.306. The summed E-state index contributed by atoms with van der Waals surface area (Å²) in [4.78, 5) is 0. The fourth-order valence-electron chi connectivity index (χ4n) is 2.28. The summed E-state index contributed by atoms with van der Waals surface area (Å²) in [5, 5.41) is 3.20. The van der Waals surface area contributed by atoms with E-state index in [2.05, 4.69) is 10.0 Å². The van der Waals surface area contributed by atoms with Crippen LogP contribution in [0.3, 0.4) is 0 Å². The summed E-state index contributed by atoms with van der Waals surface area (Å²) < 4.78 is 31.7. The SMILES string of the molecule is O=S(=O)(CC1CCOC1)NC1CCCNC1. The lowest BCUT2D eigenvalue weighted by Gasteiger charge is -2.24. The first kappa shape index (κ1) is 12.3. The van der Waals surface area contributed by atoms with Crippen LogP contribution in [0.15, 0.2) is 0 Å². The quantitative estimate of drug-likeness (QED) is 0.716. The van der Waals surface area contributed by atoms with Gasteiger partial charge in [-0.25, -0.2) is 13.1 Å². The second kappa shape index (κ2) is 5.44. The summed E-state index contributed by atoms with van der Waals surface area (Å²) in [6.45, 7) is 3.03. The van der Waals surface area contributed by atoms with E-state index in [4.69, 9.17) is 4.74 Å². The molecule has 2 unspecified atom stereocenters. The van der Waals surface area contributed by atoms with Gasteiger partial charge >= 0.3 is 0 Å². The van der Waals surface area contributed by atoms with Gasteiger partial charge in [0.1, 0.15) is 0 Å². The van der Waals surface area contributed by atoms with E-state index in [1.807, 2.05) is 0 Å². The zero-order valence-corrected chi connectivity index (χ0v) is 10.3. The fraction of sp³-hybridized carbons (Fsp3) is 1.00. The molecule has 0 bridgehead atoms. The Morgan fingerprint density at radius 1 is 1.38 bits per heavy atom. The molecule has 0 aromatic heterocycles. The average Bonchev–Trinajstić information content (AvgIpc) is 2.70. The molecule has 0 saturated carbocycles. The molecule has 2 aliphatic heterocycles. The lowest BCUT2D eigenvalue weighted by molar-refractivity contribution is 0.188. The molecule has 0 aromatic rings. The number of hydrogen-bond donors (Lipinski definition) is 2. The molecule has 2 heterocycles. The van der Waals surface area contributed by atoms with Gasteiger partial charge in [-0.15, -0.1) is 0 Å². The highest BCUT2D eigenvalue weighted by molar-refractivity contribution is 7.89. The maximum atomic E-state index is 11.9. The molecule has 2 saturated heterocycles. The van der Waals surface area contributed by atoms with Crippen LogP contribution in [0.5, 0.6) is 0 Å². The summed E-state index contributed by atoms with van der Waals surface area (Å²) in [6.07, 6.45) is 2.84. The zero-order valence-electron chi connectivity index (χ0n) is 9.44. The van der Waals surface area contributed by atoms with E-state index in [-0.39, 0.29) is 17.7 Å². The van der Waals surface area contributed by atoms with Crippen molar-refractivity contribution in [3.63, 3.8) is 0 Å². The van der Waals surface area contributed by atoms with Gasteiger partial charge in [-0.2, -0.15) is 0 Å². The minimum absolute atomic E-state index is 0.0704. The first-order valence-electron chi connectivity index (χ1n) is 5.94. The Morgan fingerprint density at radius 2 is 2.25 bits per heavy atom. The third-order valence-corrected chi connectivity index (χ3v) is 4.72. The molecule has 16 heavy (non-hydrogen) atoms. The van der Waals surface area contributed by atoms with Crippen LogP contribution in [0.2, 0.25) is 0 Å². The smallest absolute Gasteiger partial charge is 0.212 e. The molecule has 2 atom stereocenters. The van der Waals surface area contributed by atoms with Crippen molar-refractivity contribution in [1.29, 1.82) is 0 Å². The van der Waals surface area contributed by atoms with Gasteiger partial charge in [0.25, 0.3) is 0 Å². The average molecular weight is 248 g/mol. The van der Waals surface area contributed by atoms with Gasteiger partial charge in [-0.3, -0.25) is 0 Å². The van der Waals surface area contributed by atoms with Crippen LogP contribution in [0.4, 0.5) is 0 Å². The second-order valence-corrected chi connectivity index (χ2v) is 6.47. The Morgan fingerprint density at radius 3 is 2.88 bits per heavy atom. The van der Waals surface area contributed by atoms with Crippen molar-refractivity contribution in [2.45, 2.75) is 25.3 Å². The molecule has 2 aliphatic rings. The first-order chi connectivity index (χ1) is 7.66. The Kier molecular flexibility index (Phi) is 4.18. The lowest BCUT2D eigenvalue weighted by Crippen LogP contribution is -2.46. The van der Waals surface area contributed by atoms with E-state index in [1.165, 1.54) is 0 Å². The highest BCUT2D eigenvalue weighted by Gasteiger charge is 2.25. The van der Waals surface area contributed by atoms with Crippen molar-refractivity contribution in [3.8, 4) is 0 Å². The van der Waals surface area contributed by atoms with E-state index in [9.17, 15) is 8.42 Å². The van der Waals surface area contributed by atoms with Gasteiger partial charge in [0, 0.05) is 19.2 Å². The van der Waals surface area contributed by atoms with Crippen molar-refractivity contribution in [2.75, 3.05) is 32.1 Å². The molecule has 2 fully saturated rings. The predicted molar refractivity (Wildman–Crippen MR) is 61.7 cm³/mol. The van der Waals surface area contributed by atoms with E-state index >= 15 is 0 Å². The number of hydrogen-bond acceptors (Lipinski definition) is 4. The minimum Gasteiger partial charge on any atom is -0.381 e.